The van der Waals surface area contributed by atoms with Crippen LogP contribution in [-0.2, 0) is 11.2 Å². The number of hydrogen-bond acceptors (Lipinski definition) is 6. The zero-order valence-electron chi connectivity index (χ0n) is 17.5. The second-order valence-electron chi connectivity index (χ2n) is 7.59. The Morgan fingerprint density at radius 3 is 2.81 bits per heavy atom. The molecule has 3 heterocycles. The van der Waals surface area contributed by atoms with E-state index >= 15 is 0 Å². The lowest BCUT2D eigenvalue weighted by molar-refractivity contribution is -0.116. The van der Waals surface area contributed by atoms with Gasteiger partial charge >= 0.3 is 5.76 Å². The van der Waals surface area contributed by atoms with Crippen LogP contribution in [0.15, 0.2) is 57.8 Å². The Balaban J connectivity index is 1.34. The quantitative estimate of drug-likeness (QED) is 0.443. The van der Waals surface area contributed by atoms with Crippen molar-refractivity contribution < 1.29 is 9.32 Å². The number of hydrogen-bond donors (Lipinski definition) is 2. The number of H-pyrrole nitrogens is 1. The minimum Gasteiger partial charge on any atom is -0.326 e. The number of rotatable bonds is 5. The van der Waals surface area contributed by atoms with Gasteiger partial charge in [0.25, 0.3) is 0 Å². The molecule has 3 aromatic heterocycles. The summed E-state index contributed by atoms with van der Waals surface area (Å²) in [5, 5.41) is 12.2. The van der Waals surface area contributed by atoms with Crippen molar-refractivity contribution in [2.24, 2.45) is 0 Å². The van der Waals surface area contributed by atoms with Crippen molar-refractivity contribution >= 4 is 28.1 Å². The van der Waals surface area contributed by atoms with Gasteiger partial charge in [0.15, 0.2) is 11.5 Å². The highest BCUT2D eigenvalue weighted by Crippen LogP contribution is 2.23. The number of amides is 1. The van der Waals surface area contributed by atoms with Gasteiger partial charge in [-0.05, 0) is 50.1 Å². The first-order valence-electron chi connectivity index (χ1n) is 10.2. The second kappa shape index (κ2) is 7.77. The van der Waals surface area contributed by atoms with Gasteiger partial charge in [-0.15, -0.1) is 0 Å². The number of carbonyl (C=O) groups is 1. The highest BCUT2D eigenvalue weighted by molar-refractivity contribution is 5.93. The molecule has 2 N–H and O–H groups in total. The number of nitrogens with one attached hydrogen (secondary N) is 2. The fraction of sp³-hybridized carbons (Fsp3) is 0.174. The maximum absolute atomic E-state index is 12.6. The summed E-state index contributed by atoms with van der Waals surface area (Å²) in [4.78, 5) is 31.0. The van der Waals surface area contributed by atoms with Gasteiger partial charge in [0, 0.05) is 34.4 Å². The Morgan fingerprint density at radius 2 is 2.00 bits per heavy atom. The van der Waals surface area contributed by atoms with Crippen LogP contribution in [0, 0.1) is 13.8 Å². The zero-order chi connectivity index (χ0) is 22.2. The Hall–Kier alpha value is -4.27. The summed E-state index contributed by atoms with van der Waals surface area (Å²) in [6.07, 6.45) is 0.833. The molecule has 0 aliphatic heterocycles. The van der Waals surface area contributed by atoms with Crippen molar-refractivity contribution in [1.82, 2.24) is 24.7 Å². The molecule has 0 aliphatic carbocycles. The third kappa shape index (κ3) is 3.53. The Morgan fingerprint density at radius 1 is 1.16 bits per heavy atom. The summed E-state index contributed by atoms with van der Waals surface area (Å²) < 4.78 is 6.39. The van der Waals surface area contributed by atoms with Crippen molar-refractivity contribution in [2.75, 3.05) is 5.32 Å². The van der Waals surface area contributed by atoms with E-state index in [-0.39, 0.29) is 5.91 Å². The molecule has 5 aromatic rings. The van der Waals surface area contributed by atoms with Crippen molar-refractivity contribution in [1.29, 1.82) is 0 Å². The van der Waals surface area contributed by atoms with Crippen LogP contribution in [0.3, 0.4) is 0 Å². The van der Waals surface area contributed by atoms with E-state index in [0.717, 1.165) is 33.5 Å². The summed E-state index contributed by atoms with van der Waals surface area (Å²) in [6, 6.07) is 15.0. The van der Waals surface area contributed by atoms with Gasteiger partial charge < -0.3 is 5.32 Å². The normalized spacial score (nSPS) is 11.3. The van der Waals surface area contributed by atoms with Crippen LogP contribution in [0.5, 0.6) is 0 Å². The highest BCUT2D eigenvalue weighted by Gasteiger charge is 2.15. The number of aromatic amines is 1. The smallest absolute Gasteiger partial charge is 0.326 e. The van der Waals surface area contributed by atoms with E-state index in [4.69, 9.17) is 4.98 Å². The molecule has 9 nitrogen and oxygen atoms in total. The molecule has 0 radical (unpaired) electrons. The fourth-order valence-corrected chi connectivity index (χ4v) is 3.90. The number of benzene rings is 2. The van der Waals surface area contributed by atoms with Gasteiger partial charge in [0.05, 0.1) is 5.52 Å². The molecule has 0 bridgehead atoms. The molecule has 32 heavy (non-hydrogen) atoms. The standard InChI is InChI=1S/C23H20N6O3/c1-13-17(14(2)29-22(24-13)18-8-3-4-9-19(18)27-29)10-11-20(30)25-16-7-5-6-15(12-16)21-26-23(31)32-28-21/h3-9,12H,10-11H2,1-2H3,(H,25,30)(H,26,28,31). The molecule has 2 aromatic carbocycles. The molecule has 0 fully saturated rings. The Bertz CT molecular complexity index is 1530. The lowest BCUT2D eigenvalue weighted by Gasteiger charge is -2.11. The summed E-state index contributed by atoms with van der Waals surface area (Å²) in [5.74, 6) is -0.445. The largest absolute Gasteiger partial charge is 0.439 e. The number of anilines is 1. The SMILES string of the molecule is Cc1nc2c3ccccc3nn2c(C)c1CCC(=O)Nc1cccc(-c2noc(=O)[nH]2)c1. The molecule has 0 atom stereocenters. The third-order valence-corrected chi connectivity index (χ3v) is 5.48. The first-order valence-corrected chi connectivity index (χ1v) is 10.2. The van der Waals surface area contributed by atoms with Crippen molar-refractivity contribution in [2.45, 2.75) is 26.7 Å². The van der Waals surface area contributed by atoms with E-state index in [0.29, 0.717) is 29.9 Å². The average Bonchev–Trinajstić information content (AvgIpc) is 3.38. The molecule has 0 unspecified atom stereocenters. The highest BCUT2D eigenvalue weighted by atomic mass is 16.5. The second-order valence-corrected chi connectivity index (χ2v) is 7.59. The van der Waals surface area contributed by atoms with Gasteiger partial charge in [-0.1, -0.05) is 29.4 Å². The van der Waals surface area contributed by atoms with Crippen LogP contribution in [-0.4, -0.2) is 30.6 Å². The lowest BCUT2D eigenvalue weighted by Crippen LogP contribution is -2.14. The first-order chi connectivity index (χ1) is 15.5. The van der Waals surface area contributed by atoms with E-state index in [9.17, 15) is 9.59 Å². The lowest BCUT2D eigenvalue weighted by atomic mass is 10.1. The number of aromatic nitrogens is 5. The minimum absolute atomic E-state index is 0.125. The van der Waals surface area contributed by atoms with E-state index in [1.54, 1.807) is 24.3 Å². The van der Waals surface area contributed by atoms with Gasteiger partial charge in [0.2, 0.25) is 5.91 Å². The molecule has 160 valence electrons. The molecule has 0 aliphatic rings. The molecule has 0 spiro atoms. The molecule has 0 saturated heterocycles. The van der Waals surface area contributed by atoms with Crippen molar-refractivity contribution in [3.8, 4) is 11.4 Å². The molecule has 1 amide bonds. The predicted octanol–water partition coefficient (Wildman–Crippen LogP) is 3.41. The number of aryl methyl sites for hydroxylation is 2. The van der Waals surface area contributed by atoms with Crippen LogP contribution in [0.2, 0.25) is 0 Å². The predicted molar refractivity (Wildman–Crippen MR) is 119 cm³/mol. The topological polar surface area (TPSA) is 118 Å². The van der Waals surface area contributed by atoms with Crippen LogP contribution >= 0.6 is 0 Å². The van der Waals surface area contributed by atoms with Crippen LogP contribution in [0.1, 0.15) is 23.4 Å². The summed E-state index contributed by atoms with van der Waals surface area (Å²) >= 11 is 0. The maximum atomic E-state index is 12.6. The van der Waals surface area contributed by atoms with E-state index < -0.39 is 5.76 Å². The monoisotopic (exact) mass is 428 g/mol. The fourth-order valence-electron chi connectivity index (χ4n) is 3.90. The van der Waals surface area contributed by atoms with Crippen molar-refractivity contribution in [3.63, 3.8) is 0 Å². The Labute approximate surface area is 182 Å². The zero-order valence-corrected chi connectivity index (χ0v) is 17.5. The third-order valence-electron chi connectivity index (χ3n) is 5.48. The summed E-state index contributed by atoms with van der Waals surface area (Å²) in [5.41, 5.74) is 5.85. The maximum Gasteiger partial charge on any atom is 0.439 e. The first kappa shape index (κ1) is 19.7. The number of fused-ring (bicyclic) bond motifs is 3. The van der Waals surface area contributed by atoms with Crippen LogP contribution in [0.4, 0.5) is 5.69 Å². The molecule has 9 heteroatoms. The van der Waals surface area contributed by atoms with Gasteiger partial charge in [-0.2, -0.15) is 5.10 Å². The van der Waals surface area contributed by atoms with Gasteiger partial charge in [-0.25, -0.2) is 14.3 Å². The molecular weight excluding hydrogens is 408 g/mol. The summed E-state index contributed by atoms with van der Waals surface area (Å²) in [7, 11) is 0. The van der Waals surface area contributed by atoms with Crippen LogP contribution < -0.4 is 11.1 Å². The molecular formula is C23H20N6O3. The average molecular weight is 428 g/mol. The van der Waals surface area contributed by atoms with Gasteiger partial charge in [0.1, 0.15) is 0 Å². The van der Waals surface area contributed by atoms with E-state index in [1.165, 1.54) is 0 Å². The molecule has 0 saturated carbocycles. The summed E-state index contributed by atoms with van der Waals surface area (Å²) in [6.45, 7) is 3.97. The molecule has 5 rings (SSSR count). The van der Waals surface area contributed by atoms with Gasteiger partial charge in [-0.3, -0.25) is 14.3 Å². The minimum atomic E-state index is -0.629. The van der Waals surface area contributed by atoms with E-state index in [1.807, 2.05) is 42.6 Å². The van der Waals surface area contributed by atoms with Crippen molar-refractivity contribution in [3.05, 3.63) is 76.0 Å². The van der Waals surface area contributed by atoms with E-state index in [2.05, 4.69) is 25.1 Å². The number of carbonyl (C=O) groups excluding carboxylic acids is 1. The number of nitrogens with zero attached hydrogens (tertiary/aromatic N) is 4. The Kier molecular flexibility index (Phi) is 4.78. The van der Waals surface area contributed by atoms with Crippen LogP contribution in [0.25, 0.3) is 27.9 Å².